The van der Waals surface area contributed by atoms with Gasteiger partial charge < -0.3 is 10.2 Å². The smallest absolute Gasteiger partial charge is 0.242 e. The minimum atomic E-state index is -0.599. The van der Waals surface area contributed by atoms with Gasteiger partial charge in [-0.1, -0.05) is 59.1 Å². The van der Waals surface area contributed by atoms with Crippen molar-refractivity contribution < 1.29 is 9.59 Å². The molecule has 150 valence electrons. The maximum Gasteiger partial charge on any atom is 0.242 e. The summed E-state index contributed by atoms with van der Waals surface area (Å²) in [5.41, 5.74) is 2.84. The number of amides is 2. The van der Waals surface area contributed by atoms with Gasteiger partial charge in [0.05, 0.1) is 16.5 Å². The summed E-state index contributed by atoms with van der Waals surface area (Å²) in [6.45, 7) is 7.90. The van der Waals surface area contributed by atoms with E-state index in [1.807, 2.05) is 45.0 Å². The first-order valence-electron chi connectivity index (χ1n) is 9.26. The molecule has 0 aromatic heterocycles. The largest absolute Gasteiger partial charge is 0.352 e. The van der Waals surface area contributed by atoms with E-state index in [1.54, 1.807) is 30.0 Å². The number of benzene rings is 2. The van der Waals surface area contributed by atoms with Crippen LogP contribution in [0, 0.1) is 6.92 Å². The molecule has 0 aliphatic heterocycles. The van der Waals surface area contributed by atoms with Crippen LogP contribution in [0.1, 0.15) is 37.5 Å². The Morgan fingerprint density at radius 2 is 1.71 bits per heavy atom. The SMILES string of the molecule is Cc1cccc(CN(C(=O)Cc2ccc(Cl)c(Cl)c2)[C@@H](C)C(=O)NC(C)C)c1. The molecular weight excluding hydrogens is 395 g/mol. The van der Waals surface area contributed by atoms with Gasteiger partial charge in [-0.15, -0.1) is 0 Å². The van der Waals surface area contributed by atoms with E-state index in [0.29, 0.717) is 16.6 Å². The number of nitrogens with zero attached hydrogens (tertiary/aromatic N) is 1. The Hall–Kier alpha value is -2.04. The zero-order valence-electron chi connectivity index (χ0n) is 16.6. The summed E-state index contributed by atoms with van der Waals surface area (Å²) < 4.78 is 0. The molecule has 0 spiro atoms. The second-order valence-corrected chi connectivity index (χ2v) is 8.09. The van der Waals surface area contributed by atoms with Crippen molar-refractivity contribution in [1.29, 1.82) is 0 Å². The van der Waals surface area contributed by atoms with Gasteiger partial charge in [-0.05, 0) is 51.0 Å². The van der Waals surface area contributed by atoms with Crippen molar-refractivity contribution in [3.05, 3.63) is 69.2 Å². The highest BCUT2D eigenvalue weighted by Gasteiger charge is 2.26. The lowest BCUT2D eigenvalue weighted by Gasteiger charge is -2.29. The molecular formula is C22H26Cl2N2O2. The first-order valence-corrected chi connectivity index (χ1v) is 10.0. The van der Waals surface area contributed by atoms with Gasteiger partial charge in [-0.25, -0.2) is 0 Å². The number of hydrogen-bond acceptors (Lipinski definition) is 2. The third-order valence-corrected chi connectivity index (χ3v) is 5.11. The van der Waals surface area contributed by atoms with Gasteiger partial charge in [0.25, 0.3) is 0 Å². The molecule has 2 aromatic carbocycles. The Labute approximate surface area is 176 Å². The Bertz CT molecular complexity index is 852. The number of halogens is 2. The summed E-state index contributed by atoms with van der Waals surface area (Å²) >= 11 is 12.0. The van der Waals surface area contributed by atoms with Crippen molar-refractivity contribution in [2.75, 3.05) is 0 Å². The third-order valence-electron chi connectivity index (χ3n) is 4.37. The van der Waals surface area contributed by atoms with E-state index in [9.17, 15) is 9.59 Å². The van der Waals surface area contributed by atoms with Crippen molar-refractivity contribution in [2.45, 2.75) is 52.7 Å². The van der Waals surface area contributed by atoms with Crippen LogP contribution in [0.2, 0.25) is 10.0 Å². The maximum atomic E-state index is 13.1. The quantitative estimate of drug-likeness (QED) is 0.699. The zero-order chi connectivity index (χ0) is 20.8. The molecule has 28 heavy (non-hydrogen) atoms. The molecule has 0 heterocycles. The Balaban J connectivity index is 2.26. The lowest BCUT2D eigenvalue weighted by Crippen LogP contribution is -2.49. The molecule has 0 aliphatic rings. The van der Waals surface area contributed by atoms with Crippen LogP contribution in [0.25, 0.3) is 0 Å². The van der Waals surface area contributed by atoms with Gasteiger partial charge in [-0.3, -0.25) is 9.59 Å². The Morgan fingerprint density at radius 1 is 1.00 bits per heavy atom. The molecule has 0 fully saturated rings. The van der Waals surface area contributed by atoms with Gasteiger partial charge in [0.15, 0.2) is 0 Å². The van der Waals surface area contributed by atoms with Crippen LogP contribution in [-0.4, -0.2) is 28.8 Å². The van der Waals surface area contributed by atoms with Crippen molar-refractivity contribution in [2.24, 2.45) is 0 Å². The van der Waals surface area contributed by atoms with E-state index in [2.05, 4.69) is 5.32 Å². The second-order valence-electron chi connectivity index (χ2n) is 7.28. The maximum absolute atomic E-state index is 13.1. The van der Waals surface area contributed by atoms with Crippen molar-refractivity contribution >= 4 is 35.0 Å². The molecule has 1 N–H and O–H groups in total. The molecule has 0 saturated heterocycles. The molecule has 4 nitrogen and oxygen atoms in total. The lowest BCUT2D eigenvalue weighted by atomic mass is 10.1. The van der Waals surface area contributed by atoms with Gasteiger partial charge >= 0.3 is 0 Å². The van der Waals surface area contributed by atoms with E-state index in [4.69, 9.17) is 23.2 Å². The molecule has 1 atom stereocenters. The number of carbonyl (C=O) groups excluding carboxylic acids is 2. The number of rotatable bonds is 7. The van der Waals surface area contributed by atoms with Gasteiger partial charge in [0, 0.05) is 12.6 Å². The summed E-state index contributed by atoms with van der Waals surface area (Å²) in [5, 5.41) is 3.73. The molecule has 0 unspecified atom stereocenters. The van der Waals surface area contributed by atoms with Crippen LogP contribution in [0.4, 0.5) is 0 Å². The number of aryl methyl sites for hydroxylation is 1. The molecule has 0 saturated carbocycles. The van der Waals surface area contributed by atoms with Gasteiger partial charge in [0.2, 0.25) is 11.8 Å². The molecule has 0 aliphatic carbocycles. The number of nitrogens with one attached hydrogen (secondary N) is 1. The van der Waals surface area contributed by atoms with Crippen LogP contribution in [0.3, 0.4) is 0 Å². The predicted octanol–water partition coefficient (Wildman–Crippen LogP) is 4.79. The zero-order valence-corrected chi connectivity index (χ0v) is 18.1. The fraction of sp³-hybridized carbons (Fsp3) is 0.364. The van der Waals surface area contributed by atoms with Crippen LogP contribution in [0.5, 0.6) is 0 Å². The van der Waals surface area contributed by atoms with E-state index in [-0.39, 0.29) is 24.3 Å². The van der Waals surface area contributed by atoms with Gasteiger partial charge in [0.1, 0.15) is 6.04 Å². The minimum absolute atomic E-state index is 0.000874. The molecule has 0 bridgehead atoms. The first-order chi connectivity index (χ1) is 13.2. The highest BCUT2D eigenvalue weighted by atomic mass is 35.5. The molecule has 0 radical (unpaired) electrons. The second kappa shape index (κ2) is 9.94. The first kappa shape index (κ1) is 22.3. The van der Waals surface area contributed by atoms with E-state index in [1.165, 1.54) is 0 Å². The van der Waals surface area contributed by atoms with Crippen molar-refractivity contribution in [1.82, 2.24) is 10.2 Å². The van der Waals surface area contributed by atoms with Crippen LogP contribution in [0.15, 0.2) is 42.5 Å². The summed E-state index contributed by atoms with van der Waals surface area (Å²) in [4.78, 5) is 27.3. The monoisotopic (exact) mass is 420 g/mol. The molecule has 2 amide bonds. The average Bonchev–Trinajstić information content (AvgIpc) is 2.61. The highest BCUT2D eigenvalue weighted by Crippen LogP contribution is 2.23. The topological polar surface area (TPSA) is 49.4 Å². The number of hydrogen-bond donors (Lipinski definition) is 1. The summed E-state index contributed by atoms with van der Waals surface area (Å²) in [6.07, 6.45) is 0.141. The fourth-order valence-corrected chi connectivity index (χ4v) is 3.24. The Kier molecular flexibility index (Phi) is 7.90. The lowest BCUT2D eigenvalue weighted by molar-refractivity contribution is -0.140. The number of carbonyl (C=O) groups is 2. The molecule has 2 rings (SSSR count). The van der Waals surface area contributed by atoms with Crippen molar-refractivity contribution in [3.8, 4) is 0 Å². The van der Waals surface area contributed by atoms with Gasteiger partial charge in [-0.2, -0.15) is 0 Å². The van der Waals surface area contributed by atoms with Crippen LogP contribution < -0.4 is 5.32 Å². The molecule has 6 heteroatoms. The third kappa shape index (κ3) is 6.25. The van der Waals surface area contributed by atoms with Crippen LogP contribution >= 0.6 is 23.2 Å². The van der Waals surface area contributed by atoms with Crippen molar-refractivity contribution in [3.63, 3.8) is 0 Å². The van der Waals surface area contributed by atoms with Crippen LogP contribution in [-0.2, 0) is 22.6 Å². The summed E-state index contributed by atoms with van der Waals surface area (Å²) in [5.74, 6) is -0.323. The average molecular weight is 421 g/mol. The fourth-order valence-electron chi connectivity index (χ4n) is 2.92. The summed E-state index contributed by atoms with van der Waals surface area (Å²) in [6, 6.07) is 12.5. The normalized spacial score (nSPS) is 12.0. The summed E-state index contributed by atoms with van der Waals surface area (Å²) in [7, 11) is 0. The minimum Gasteiger partial charge on any atom is -0.352 e. The van der Waals surface area contributed by atoms with E-state index in [0.717, 1.165) is 16.7 Å². The highest BCUT2D eigenvalue weighted by molar-refractivity contribution is 6.42. The van der Waals surface area contributed by atoms with E-state index >= 15 is 0 Å². The molecule has 2 aromatic rings. The van der Waals surface area contributed by atoms with E-state index < -0.39 is 6.04 Å². The standard InChI is InChI=1S/C22H26Cl2N2O2/c1-14(2)25-22(28)16(4)26(13-18-7-5-6-15(3)10-18)21(27)12-17-8-9-19(23)20(24)11-17/h5-11,14,16H,12-13H2,1-4H3,(H,25,28)/t16-/m0/s1. The Morgan fingerprint density at radius 3 is 2.32 bits per heavy atom. The predicted molar refractivity (Wildman–Crippen MR) is 115 cm³/mol.